The van der Waals surface area contributed by atoms with Gasteiger partial charge in [-0.3, -0.25) is 14.4 Å². The summed E-state index contributed by atoms with van der Waals surface area (Å²) >= 11 is 1.58. The summed E-state index contributed by atoms with van der Waals surface area (Å²) in [6, 6.07) is 3.81. The van der Waals surface area contributed by atoms with Crippen LogP contribution in [0.2, 0.25) is 0 Å². The van der Waals surface area contributed by atoms with Gasteiger partial charge < -0.3 is 19.5 Å². The molecule has 3 heterocycles. The molecule has 8 heteroatoms. The van der Waals surface area contributed by atoms with Crippen molar-refractivity contribution in [1.29, 1.82) is 0 Å². The van der Waals surface area contributed by atoms with Crippen LogP contribution in [0.1, 0.15) is 30.3 Å². The average molecular weight is 377 g/mol. The van der Waals surface area contributed by atoms with Crippen LogP contribution in [0.25, 0.3) is 10.2 Å². The van der Waals surface area contributed by atoms with Crippen LogP contribution in [0.5, 0.6) is 0 Å². The highest BCUT2D eigenvalue weighted by Crippen LogP contribution is 2.24. The van der Waals surface area contributed by atoms with E-state index in [2.05, 4.69) is 5.32 Å². The maximum Gasteiger partial charge on any atom is 0.309 e. The van der Waals surface area contributed by atoms with E-state index in [0.717, 1.165) is 10.2 Å². The van der Waals surface area contributed by atoms with Gasteiger partial charge in [0, 0.05) is 20.1 Å². The fourth-order valence-corrected chi connectivity index (χ4v) is 4.10. The molecule has 2 aromatic rings. The SMILES string of the molecule is CCOC(=O)C1CCN(C(=O)CNC(=O)c2cc3sccc3n2C)CC1. The first kappa shape index (κ1) is 18.4. The summed E-state index contributed by atoms with van der Waals surface area (Å²) in [5.74, 6) is -0.705. The maximum absolute atomic E-state index is 12.4. The Morgan fingerprint density at radius 2 is 2.04 bits per heavy atom. The number of aryl methyl sites for hydroxylation is 1. The predicted molar refractivity (Wildman–Crippen MR) is 99.1 cm³/mol. The lowest BCUT2D eigenvalue weighted by atomic mass is 9.97. The Kier molecular flexibility index (Phi) is 5.61. The Balaban J connectivity index is 1.50. The second-order valence-corrected chi connectivity index (χ2v) is 7.30. The van der Waals surface area contributed by atoms with Crippen molar-refractivity contribution in [2.45, 2.75) is 19.8 Å². The van der Waals surface area contributed by atoms with Crippen molar-refractivity contribution < 1.29 is 19.1 Å². The average Bonchev–Trinajstić information content (AvgIpc) is 3.23. The number of carbonyl (C=O) groups excluding carboxylic acids is 3. The van der Waals surface area contributed by atoms with E-state index in [1.165, 1.54) is 0 Å². The zero-order valence-electron chi connectivity index (χ0n) is 15.0. The van der Waals surface area contributed by atoms with Crippen LogP contribution in [0.3, 0.4) is 0 Å². The minimum absolute atomic E-state index is 0.0399. The van der Waals surface area contributed by atoms with Gasteiger partial charge in [0.2, 0.25) is 5.91 Å². The predicted octanol–water partition coefficient (Wildman–Crippen LogP) is 1.77. The summed E-state index contributed by atoms with van der Waals surface area (Å²) in [5.41, 5.74) is 1.55. The van der Waals surface area contributed by atoms with Gasteiger partial charge in [-0.2, -0.15) is 0 Å². The molecule has 1 aliphatic heterocycles. The number of piperidine rings is 1. The standard InChI is InChI=1S/C18H23N3O4S/c1-3-25-18(24)12-4-7-21(8-5-12)16(22)11-19-17(23)14-10-15-13(20(14)2)6-9-26-15/h6,9-10,12H,3-5,7-8,11H2,1-2H3,(H,19,23). The summed E-state index contributed by atoms with van der Waals surface area (Å²) < 4.78 is 7.91. The summed E-state index contributed by atoms with van der Waals surface area (Å²) in [5, 5.41) is 4.69. The van der Waals surface area contributed by atoms with Crippen molar-refractivity contribution in [2.24, 2.45) is 13.0 Å². The van der Waals surface area contributed by atoms with Crippen molar-refractivity contribution >= 4 is 39.3 Å². The molecule has 1 aliphatic rings. The molecule has 1 N–H and O–H groups in total. The molecule has 0 spiro atoms. The second-order valence-electron chi connectivity index (χ2n) is 6.35. The van der Waals surface area contributed by atoms with Crippen molar-refractivity contribution in [1.82, 2.24) is 14.8 Å². The molecule has 0 aliphatic carbocycles. The van der Waals surface area contributed by atoms with Crippen molar-refractivity contribution in [2.75, 3.05) is 26.2 Å². The second kappa shape index (κ2) is 7.90. The molecule has 0 radical (unpaired) electrons. The molecule has 0 saturated carbocycles. The summed E-state index contributed by atoms with van der Waals surface area (Å²) in [7, 11) is 1.84. The van der Waals surface area contributed by atoms with Gasteiger partial charge in [0.25, 0.3) is 5.91 Å². The monoisotopic (exact) mass is 377 g/mol. The maximum atomic E-state index is 12.4. The first-order valence-corrected chi connectivity index (χ1v) is 9.64. The van der Waals surface area contributed by atoms with Gasteiger partial charge in [-0.1, -0.05) is 0 Å². The van der Waals surface area contributed by atoms with Crippen LogP contribution in [0.15, 0.2) is 17.5 Å². The van der Waals surface area contributed by atoms with Crippen molar-refractivity contribution in [3.05, 3.63) is 23.2 Å². The largest absolute Gasteiger partial charge is 0.466 e. The minimum atomic E-state index is -0.259. The number of amides is 2. The Bertz CT molecular complexity index is 818. The van der Waals surface area contributed by atoms with Gasteiger partial charge >= 0.3 is 5.97 Å². The van der Waals surface area contributed by atoms with E-state index in [9.17, 15) is 14.4 Å². The molecule has 0 aromatic carbocycles. The Hall–Kier alpha value is -2.35. The molecule has 2 aromatic heterocycles. The lowest BCUT2D eigenvalue weighted by Gasteiger charge is -2.30. The van der Waals surface area contributed by atoms with E-state index in [4.69, 9.17) is 4.74 Å². The summed E-state index contributed by atoms with van der Waals surface area (Å²) in [6.45, 7) is 3.15. The van der Waals surface area contributed by atoms with Crippen molar-refractivity contribution in [3.63, 3.8) is 0 Å². The normalized spacial score (nSPS) is 15.2. The van der Waals surface area contributed by atoms with Crippen LogP contribution in [0, 0.1) is 5.92 Å². The summed E-state index contributed by atoms with van der Waals surface area (Å²) in [6.07, 6.45) is 1.21. The van der Waals surface area contributed by atoms with Crippen LogP contribution in [-0.4, -0.2) is 53.5 Å². The number of aromatic nitrogens is 1. The topological polar surface area (TPSA) is 80.6 Å². The fraction of sp³-hybridized carbons (Fsp3) is 0.500. The van der Waals surface area contributed by atoms with Gasteiger partial charge in [-0.05, 0) is 37.3 Å². The molecule has 26 heavy (non-hydrogen) atoms. The van der Waals surface area contributed by atoms with Gasteiger partial charge in [0.05, 0.1) is 29.3 Å². The lowest BCUT2D eigenvalue weighted by molar-refractivity contribution is -0.151. The van der Waals surface area contributed by atoms with E-state index in [-0.39, 0.29) is 30.2 Å². The number of carbonyl (C=O) groups is 3. The van der Waals surface area contributed by atoms with Gasteiger partial charge in [-0.25, -0.2) is 0 Å². The number of rotatable bonds is 5. The third-order valence-corrected chi connectivity index (χ3v) is 5.62. The lowest BCUT2D eigenvalue weighted by Crippen LogP contribution is -2.45. The number of hydrogen-bond donors (Lipinski definition) is 1. The van der Waals surface area contributed by atoms with E-state index in [1.54, 1.807) is 23.2 Å². The molecule has 0 bridgehead atoms. The van der Waals surface area contributed by atoms with Crippen LogP contribution >= 0.6 is 11.3 Å². The van der Waals surface area contributed by atoms with E-state index in [0.29, 0.717) is 38.2 Å². The number of likely N-dealkylation sites (tertiary alicyclic amines) is 1. The third kappa shape index (κ3) is 3.75. The molecular weight excluding hydrogens is 354 g/mol. The minimum Gasteiger partial charge on any atom is -0.466 e. The molecule has 2 amide bonds. The molecule has 140 valence electrons. The molecule has 0 unspecified atom stereocenters. The first-order valence-electron chi connectivity index (χ1n) is 8.76. The van der Waals surface area contributed by atoms with Gasteiger partial charge in [-0.15, -0.1) is 11.3 Å². The van der Waals surface area contributed by atoms with E-state index in [1.807, 2.05) is 29.1 Å². The molecule has 7 nitrogen and oxygen atoms in total. The van der Waals surface area contributed by atoms with E-state index >= 15 is 0 Å². The zero-order valence-corrected chi connectivity index (χ0v) is 15.8. The Morgan fingerprint density at radius 3 is 2.69 bits per heavy atom. The van der Waals surface area contributed by atoms with Gasteiger partial charge in [0.1, 0.15) is 5.69 Å². The van der Waals surface area contributed by atoms with E-state index < -0.39 is 0 Å². The highest BCUT2D eigenvalue weighted by molar-refractivity contribution is 7.17. The number of fused-ring (bicyclic) bond motifs is 1. The summed E-state index contributed by atoms with van der Waals surface area (Å²) in [4.78, 5) is 38.1. The quantitative estimate of drug-likeness (QED) is 0.806. The first-order chi connectivity index (χ1) is 12.5. The smallest absolute Gasteiger partial charge is 0.309 e. The number of ether oxygens (including phenoxy) is 1. The van der Waals surface area contributed by atoms with Gasteiger partial charge in [0.15, 0.2) is 0 Å². The number of nitrogens with zero attached hydrogens (tertiary/aromatic N) is 2. The number of hydrogen-bond acceptors (Lipinski definition) is 5. The number of thiophene rings is 1. The highest BCUT2D eigenvalue weighted by Gasteiger charge is 2.28. The Morgan fingerprint density at radius 1 is 1.31 bits per heavy atom. The number of nitrogens with one attached hydrogen (secondary N) is 1. The molecule has 1 fully saturated rings. The number of esters is 1. The fourth-order valence-electron chi connectivity index (χ4n) is 3.25. The van der Waals surface area contributed by atoms with Crippen LogP contribution in [-0.2, 0) is 21.4 Å². The molecule has 0 atom stereocenters. The molecular formula is C18H23N3O4S. The van der Waals surface area contributed by atoms with Crippen LogP contribution < -0.4 is 5.32 Å². The molecule has 3 rings (SSSR count). The third-order valence-electron chi connectivity index (χ3n) is 4.76. The van der Waals surface area contributed by atoms with Crippen LogP contribution in [0.4, 0.5) is 0 Å². The highest BCUT2D eigenvalue weighted by atomic mass is 32.1. The zero-order chi connectivity index (χ0) is 18.7. The Labute approximate surface area is 155 Å². The van der Waals surface area contributed by atoms with Crippen molar-refractivity contribution in [3.8, 4) is 0 Å². The molecule has 1 saturated heterocycles.